The minimum absolute atomic E-state index is 0.0523. The number of benzene rings is 2. The van der Waals surface area contributed by atoms with Crippen molar-refractivity contribution in [3.63, 3.8) is 0 Å². The molecule has 1 amide bonds. The minimum Gasteiger partial charge on any atom is -0.454 e. The molecule has 1 aliphatic rings. The molecular formula is C17H17NO3. The van der Waals surface area contributed by atoms with Crippen LogP contribution in [0.15, 0.2) is 48.5 Å². The fraction of sp³-hybridized carbons (Fsp3) is 0.235. The molecule has 4 nitrogen and oxygen atoms in total. The minimum atomic E-state index is 0.0523. The van der Waals surface area contributed by atoms with E-state index in [2.05, 4.69) is 5.32 Å². The van der Waals surface area contributed by atoms with Crippen LogP contribution in [0.25, 0.3) is 0 Å². The highest BCUT2D eigenvalue weighted by Crippen LogP contribution is 2.32. The molecule has 0 saturated heterocycles. The van der Waals surface area contributed by atoms with Gasteiger partial charge < -0.3 is 14.8 Å². The van der Waals surface area contributed by atoms with Gasteiger partial charge in [-0.05, 0) is 29.7 Å². The monoisotopic (exact) mass is 283 g/mol. The van der Waals surface area contributed by atoms with Gasteiger partial charge in [-0.25, -0.2) is 0 Å². The Hall–Kier alpha value is -2.49. The van der Waals surface area contributed by atoms with E-state index in [9.17, 15) is 4.79 Å². The molecule has 1 N–H and O–H groups in total. The van der Waals surface area contributed by atoms with Crippen molar-refractivity contribution in [2.75, 3.05) is 6.79 Å². The first-order valence-electron chi connectivity index (χ1n) is 7.00. The lowest BCUT2D eigenvalue weighted by atomic mass is 10.1. The van der Waals surface area contributed by atoms with E-state index in [0.29, 0.717) is 19.4 Å². The van der Waals surface area contributed by atoms with Gasteiger partial charge in [0.05, 0.1) is 0 Å². The van der Waals surface area contributed by atoms with Crippen molar-refractivity contribution >= 4 is 5.91 Å². The maximum Gasteiger partial charge on any atom is 0.231 e. The van der Waals surface area contributed by atoms with Gasteiger partial charge in [0.15, 0.2) is 11.5 Å². The van der Waals surface area contributed by atoms with Crippen molar-refractivity contribution < 1.29 is 14.3 Å². The predicted molar refractivity (Wildman–Crippen MR) is 79.2 cm³/mol. The standard InChI is InChI=1S/C17H17NO3/c19-17(18-11-14-4-2-1-3-5-14)9-7-13-6-8-15-16(10-13)21-12-20-15/h1-6,8,10H,7,9,11-12H2,(H,18,19). The molecule has 0 radical (unpaired) electrons. The zero-order valence-corrected chi connectivity index (χ0v) is 11.7. The number of aryl methyl sites for hydroxylation is 1. The lowest BCUT2D eigenvalue weighted by molar-refractivity contribution is -0.121. The summed E-state index contributed by atoms with van der Waals surface area (Å²) >= 11 is 0. The van der Waals surface area contributed by atoms with Crippen molar-refractivity contribution in [2.24, 2.45) is 0 Å². The van der Waals surface area contributed by atoms with E-state index in [1.165, 1.54) is 0 Å². The summed E-state index contributed by atoms with van der Waals surface area (Å²) in [6.07, 6.45) is 1.16. The van der Waals surface area contributed by atoms with E-state index in [4.69, 9.17) is 9.47 Å². The molecule has 1 heterocycles. The largest absolute Gasteiger partial charge is 0.454 e. The average molecular weight is 283 g/mol. The molecule has 0 unspecified atom stereocenters. The summed E-state index contributed by atoms with van der Waals surface area (Å²) in [6, 6.07) is 15.7. The molecule has 0 bridgehead atoms. The van der Waals surface area contributed by atoms with Gasteiger partial charge in [-0.3, -0.25) is 4.79 Å². The number of hydrogen-bond donors (Lipinski definition) is 1. The molecule has 4 heteroatoms. The van der Waals surface area contributed by atoms with Gasteiger partial charge in [-0.1, -0.05) is 36.4 Å². The fourth-order valence-corrected chi connectivity index (χ4v) is 2.24. The third-order valence-corrected chi connectivity index (χ3v) is 3.41. The summed E-state index contributed by atoms with van der Waals surface area (Å²) in [5.41, 5.74) is 2.18. The maximum atomic E-state index is 11.9. The van der Waals surface area contributed by atoms with Gasteiger partial charge in [0.25, 0.3) is 0 Å². The Bertz CT molecular complexity index is 625. The average Bonchev–Trinajstić information content (AvgIpc) is 2.99. The molecule has 108 valence electrons. The number of carbonyl (C=O) groups is 1. The summed E-state index contributed by atoms with van der Waals surface area (Å²) in [6.45, 7) is 0.844. The summed E-state index contributed by atoms with van der Waals surface area (Å²) in [4.78, 5) is 11.9. The van der Waals surface area contributed by atoms with E-state index in [1.54, 1.807) is 0 Å². The van der Waals surface area contributed by atoms with E-state index < -0.39 is 0 Å². The molecule has 0 aliphatic carbocycles. The molecule has 21 heavy (non-hydrogen) atoms. The van der Waals surface area contributed by atoms with Gasteiger partial charge in [0, 0.05) is 13.0 Å². The number of fused-ring (bicyclic) bond motifs is 1. The van der Waals surface area contributed by atoms with Crippen LogP contribution in [-0.4, -0.2) is 12.7 Å². The Balaban J connectivity index is 1.47. The molecule has 0 atom stereocenters. The number of carbonyl (C=O) groups excluding carboxylic acids is 1. The first-order valence-corrected chi connectivity index (χ1v) is 7.00. The van der Waals surface area contributed by atoms with Crippen LogP contribution in [0.4, 0.5) is 0 Å². The van der Waals surface area contributed by atoms with E-state index in [1.807, 2.05) is 48.5 Å². The zero-order valence-electron chi connectivity index (χ0n) is 11.7. The van der Waals surface area contributed by atoms with Gasteiger partial charge >= 0.3 is 0 Å². The number of hydrogen-bond acceptors (Lipinski definition) is 3. The quantitative estimate of drug-likeness (QED) is 0.917. The Morgan fingerprint density at radius 1 is 1.00 bits per heavy atom. The van der Waals surface area contributed by atoms with Crippen molar-refractivity contribution in [1.82, 2.24) is 5.32 Å². The molecule has 2 aromatic rings. The van der Waals surface area contributed by atoms with Crippen LogP contribution in [0, 0.1) is 0 Å². The van der Waals surface area contributed by atoms with Crippen LogP contribution in [0.1, 0.15) is 17.5 Å². The van der Waals surface area contributed by atoms with Gasteiger partial charge in [-0.2, -0.15) is 0 Å². The first-order chi connectivity index (χ1) is 10.3. The highest BCUT2D eigenvalue weighted by molar-refractivity contribution is 5.76. The smallest absolute Gasteiger partial charge is 0.231 e. The number of amides is 1. The van der Waals surface area contributed by atoms with Crippen LogP contribution >= 0.6 is 0 Å². The van der Waals surface area contributed by atoms with E-state index in [-0.39, 0.29) is 12.7 Å². The van der Waals surface area contributed by atoms with Crippen molar-refractivity contribution in [3.05, 3.63) is 59.7 Å². The summed E-state index contributed by atoms with van der Waals surface area (Å²) in [7, 11) is 0. The third kappa shape index (κ3) is 3.54. The van der Waals surface area contributed by atoms with Crippen LogP contribution in [0.2, 0.25) is 0 Å². The second-order valence-corrected chi connectivity index (χ2v) is 4.95. The SMILES string of the molecule is O=C(CCc1ccc2c(c1)OCO2)NCc1ccccc1. The fourth-order valence-electron chi connectivity index (χ4n) is 2.24. The van der Waals surface area contributed by atoms with Crippen molar-refractivity contribution in [3.8, 4) is 11.5 Å². The predicted octanol–water partition coefficient (Wildman–Crippen LogP) is 2.66. The highest BCUT2D eigenvalue weighted by atomic mass is 16.7. The van der Waals surface area contributed by atoms with Crippen LogP contribution in [0.5, 0.6) is 11.5 Å². The van der Waals surface area contributed by atoms with Crippen molar-refractivity contribution in [1.29, 1.82) is 0 Å². The normalized spacial score (nSPS) is 12.2. The molecule has 0 saturated carbocycles. The summed E-state index contributed by atoms with van der Waals surface area (Å²) in [5, 5.41) is 2.93. The second kappa shape index (κ2) is 6.31. The maximum absolute atomic E-state index is 11.9. The molecule has 2 aromatic carbocycles. The highest BCUT2D eigenvalue weighted by Gasteiger charge is 2.13. The Labute approximate surface area is 123 Å². The molecule has 1 aliphatic heterocycles. The van der Waals surface area contributed by atoms with Gasteiger partial charge in [0.1, 0.15) is 0 Å². The van der Waals surface area contributed by atoms with Gasteiger partial charge in [0.2, 0.25) is 12.7 Å². The third-order valence-electron chi connectivity index (χ3n) is 3.41. The molecular weight excluding hydrogens is 266 g/mol. The van der Waals surface area contributed by atoms with Crippen LogP contribution in [0.3, 0.4) is 0 Å². The lowest BCUT2D eigenvalue weighted by Gasteiger charge is -2.06. The van der Waals surface area contributed by atoms with Crippen LogP contribution in [-0.2, 0) is 17.8 Å². The molecule has 3 rings (SSSR count). The van der Waals surface area contributed by atoms with Gasteiger partial charge in [-0.15, -0.1) is 0 Å². The molecule has 0 aromatic heterocycles. The first kappa shape index (κ1) is 13.5. The lowest BCUT2D eigenvalue weighted by Crippen LogP contribution is -2.22. The molecule has 0 spiro atoms. The topological polar surface area (TPSA) is 47.6 Å². The summed E-state index contributed by atoms with van der Waals surface area (Å²) < 4.78 is 10.6. The Morgan fingerprint density at radius 3 is 2.67 bits per heavy atom. The number of rotatable bonds is 5. The number of nitrogens with one attached hydrogen (secondary N) is 1. The van der Waals surface area contributed by atoms with Crippen LogP contribution < -0.4 is 14.8 Å². The summed E-state index contributed by atoms with van der Waals surface area (Å²) in [5.74, 6) is 1.58. The Morgan fingerprint density at radius 2 is 1.81 bits per heavy atom. The van der Waals surface area contributed by atoms with Crippen molar-refractivity contribution in [2.45, 2.75) is 19.4 Å². The molecule has 0 fully saturated rings. The number of ether oxygens (including phenoxy) is 2. The zero-order chi connectivity index (χ0) is 14.5. The second-order valence-electron chi connectivity index (χ2n) is 4.95. The van der Waals surface area contributed by atoms with E-state index >= 15 is 0 Å². The van der Waals surface area contributed by atoms with E-state index in [0.717, 1.165) is 22.6 Å². The Kier molecular flexibility index (Phi) is 4.05.